The molecule has 2 rings (SSSR count). The maximum absolute atomic E-state index is 11.8. The minimum atomic E-state index is -0.272. The van der Waals surface area contributed by atoms with Crippen molar-refractivity contribution in [1.29, 1.82) is 0 Å². The van der Waals surface area contributed by atoms with E-state index in [9.17, 15) is 4.79 Å². The van der Waals surface area contributed by atoms with Crippen molar-refractivity contribution in [1.82, 2.24) is 5.43 Å². The fourth-order valence-electron chi connectivity index (χ4n) is 1.51. The molecule has 0 saturated carbocycles. The summed E-state index contributed by atoms with van der Waals surface area (Å²) in [5, 5.41) is 13.0. The number of phenols is 1. The van der Waals surface area contributed by atoms with Gasteiger partial charge in [-0.1, -0.05) is 0 Å². The third-order valence-electron chi connectivity index (χ3n) is 2.47. The second kappa shape index (κ2) is 7.59. The smallest absolute Gasteiger partial charge is 0.277 e. The fraction of sp³-hybridized carbons (Fsp3) is 0.0714. The van der Waals surface area contributed by atoms with E-state index in [0.717, 1.165) is 5.56 Å². The average Bonchev–Trinajstić information content (AvgIpc) is 2.41. The van der Waals surface area contributed by atoms with Gasteiger partial charge in [-0.15, -0.1) is 0 Å². The summed E-state index contributed by atoms with van der Waals surface area (Å²) < 4.78 is 1.79. The molecule has 2 aromatic rings. The number of aromatic nitrogens is 1. The normalized spacial score (nSPS) is 10.1. The standard InChI is InChI=1S/C14H13N3O2.HI/c1-17-8-2-3-12(10-17)14(19)16-15-9-11-4-6-13(18)7-5-11;/h2-10H,1H3,(H-,15,16,18,19);1H. The Morgan fingerprint density at radius 3 is 2.65 bits per heavy atom. The molecule has 1 heterocycles. The Morgan fingerprint density at radius 2 is 2.00 bits per heavy atom. The minimum Gasteiger partial charge on any atom is -1.00 e. The number of amides is 1. The van der Waals surface area contributed by atoms with Crippen LogP contribution in [0.25, 0.3) is 0 Å². The van der Waals surface area contributed by atoms with Gasteiger partial charge in [0.2, 0.25) is 0 Å². The molecule has 0 unspecified atom stereocenters. The molecule has 104 valence electrons. The summed E-state index contributed by atoms with van der Waals surface area (Å²) in [6.07, 6.45) is 5.07. The number of nitrogens with zero attached hydrogens (tertiary/aromatic N) is 2. The van der Waals surface area contributed by atoms with Crippen molar-refractivity contribution in [2.45, 2.75) is 0 Å². The van der Waals surface area contributed by atoms with E-state index in [-0.39, 0.29) is 35.6 Å². The molecule has 0 fully saturated rings. The minimum absolute atomic E-state index is 0. The number of nitrogens with one attached hydrogen (secondary N) is 1. The van der Waals surface area contributed by atoms with E-state index in [1.54, 1.807) is 47.2 Å². The lowest BCUT2D eigenvalue weighted by Crippen LogP contribution is -3.00. The van der Waals surface area contributed by atoms with Crippen LogP contribution in [0, 0.1) is 0 Å². The number of rotatable bonds is 3. The Kier molecular flexibility index (Phi) is 6.10. The van der Waals surface area contributed by atoms with Gasteiger partial charge in [-0.3, -0.25) is 4.79 Å². The van der Waals surface area contributed by atoms with E-state index in [0.29, 0.717) is 5.56 Å². The van der Waals surface area contributed by atoms with Gasteiger partial charge in [0.15, 0.2) is 12.4 Å². The van der Waals surface area contributed by atoms with Gasteiger partial charge in [0, 0.05) is 6.07 Å². The number of carbonyl (C=O) groups excluding carboxylic acids is 1. The second-order valence-electron chi connectivity index (χ2n) is 4.05. The molecule has 1 aromatic heterocycles. The van der Waals surface area contributed by atoms with Crippen LogP contribution in [-0.2, 0) is 7.05 Å². The summed E-state index contributed by atoms with van der Waals surface area (Å²) in [4.78, 5) is 11.8. The molecule has 1 amide bonds. The highest BCUT2D eigenvalue weighted by Crippen LogP contribution is 2.07. The zero-order valence-electron chi connectivity index (χ0n) is 10.8. The Hall–Kier alpha value is -1.96. The van der Waals surface area contributed by atoms with Crippen LogP contribution in [-0.4, -0.2) is 17.2 Å². The predicted molar refractivity (Wildman–Crippen MR) is 70.8 cm³/mol. The predicted octanol–water partition coefficient (Wildman–Crippen LogP) is -2.02. The van der Waals surface area contributed by atoms with E-state index >= 15 is 0 Å². The molecule has 0 aliphatic carbocycles. The number of aryl methyl sites for hydroxylation is 1. The van der Waals surface area contributed by atoms with Gasteiger partial charge < -0.3 is 29.1 Å². The Morgan fingerprint density at radius 1 is 1.30 bits per heavy atom. The van der Waals surface area contributed by atoms with Crippen LogP contribution in [0.3, 0.4) is 0 Å². The lowest BCUT2D eigenvalue weighted by molar-refractivity contribution is -0.671. The first-order chi connectivity index (χ1) is 9.15. The number of carbonyl (C=O) groups is 1. The Bertz CT molecular complexity index is 612. The Balaban J connectivity index is 0.00000200. The van der Waals surface area contributed by atoms with Crippen LogP contribution in [0.2, 0.25) is 0 Å². The van der Waals surface area contributed by atoms with Crippen LogP contribution in [0.15, 0.2) is 53.9 Å². The lowest BCUT2D eigenvalue weighted by atomic mass is 10.2. The maximum Gasteiger partial charge on any atom is 0.277 e. The van der Waals surface area contributed by atoms with E-state index in [4.69, 9.17) is 5.11 Å². The molecular weight excluding hydrogens is 369 g/mol. The van der Waals surface area contributed by atoms with Crippen molar-refractivity contribution >= 4 is 12.1 Å². The molecule has 0 atom stereocenters. The van der Waals surface area contributed by atoms with Gasteiger partial charge in [0.25, 0.3) is 5.91 Å². The molecular formula is C14H14IN3O2. The summed E-state index contributed by atoms with van der Waals surface area (Å²) in [5.41, 5.74) is 3.77. The largest absolute Gasteiger partial charge is 1.00 e. The van der Waals surface area contributed by atoms with Crippen LogP contribution < -0.4 is 34.0 Å². The van der Waals surface area contributed by atoms with Gasteiger partial charge in [0.05, 0.1) is 6.21 Å². The lowest BCUT2D eigenvalue weighted by Gasteiger charge is -1.98. The summed E-state index contributed by atoms with van der Waals surface area (Å²) in [6, 6.07) is 10.0. The van der Waals surface area contributed by atoms with Crippen molar-refractivity contribution in [3.8, 4) is 5.75 Å². The molecule has 20 heavy (non-hydrogen) atoms. The number of hydrogen-bond donors (Lipinski definition) is 2. The number of hydrogen-bond acceptors (Lipinski definition) is 3. The summed E-state index contributed by atoms with van der Waals surface area (Å²) in [7, 11) is 1.84. The molecule has 0 spiro atoms. The quantitative estimate of drug-likeness (QED) is 0.278. The van der Waals surface area contributed by atoms with Crippen molar-refractivity contribution in [2.24, 2.45) is 12.1 Å². The molecule has 0 aliphatic heterocycles. The van der Waals surface area contributed by atoms with Crippen molar-refractivity contribution in [3.05, 3.63) is 59.9 Å². The molecule has 6 heteroatoms. The molecule has 1 aromatic carbocycles. The highest BCUT2D eigenvalue weighted by atomic mass is 127. The summed E-state index contributed by atoms with van der Waals surface area (Å²) in [5.74, 6) is -0.0794. The molecule has 2 N–H and O–H groups in total. The number of pyridine rings is 1. The fourth-order valence-corrected chi connectivity index (χ4v) is 1.51. The number of aromatic hydroxyl groups is 1. The average molecular weight is 383 g/mol. The van der Waals surface area contributed by atoms with Crippen molar-refractivity contribution in [3.63, 3.8) is 0 Å². The maximum atomic E-state index is 11.8. The first-order valence-corrected chi connectivity index (χ1v) is 5.73. The van der Waals surface area contributed by atoms with E-state index in [1.165, 1.54) is 6.21 Å². The van der Waals surface area contributed by atoms with Crippen LogP contribution in [0.5, 0.6) is 5.75 Å². The first kappa shape index (κ1) is 16.1. The van der Waals surface area contributed by atoms with Gasteiger partial charge in [-0.05, 0) is 35.9 Å². The zero-order valence-corrected chi connectivity index (χ0v) is 13.0. The van der Waals surface area contributed by atoms with Crippen LogP contribution in [0.1, 0.15) is 15.9 Å². The van der Waals surface area contributed by atoms with Crippen molar-refractivity contribution in [2.75, 3.05) is 0 Å². The summed E-state index contributed by atoms with van der Waals surface area (Å²) >= 11 is 0. The van der Waals surface area contributed by atoms with Crippen LogP contribution in [0.4, 0.5) is 0 Å². The molecule has 0 bridgehead atoms. The topological polar surface area (TPSA) is 65.6 Å². The third-order valence-corrected chi connectivity index (χ3v) is 2.47. The van der Waals surface area contributed by atoms with Gasteiger partial charge >= 0.3 is 0 Å². The zero-order chi connectivity index (χ0) is 13.7. The van der Waals surface area contributed by atoms with Crippen molar-refractivity contribution < 1.29 is 38.4 Å². The first-order valence-electron chi connectivity index (χ1n) is 5.73. The highest BCUT2D eigenvalue weighted by molar-refractivity contribution is 5.94. The van der Waals surface area contributed by atoms with E-state index < -0.39 is 0 Å². The van der Waals surface area contributed by atoms with Crippen LogP contribution >= 0.6 is 0 Å². The van der Waals surface area contributed by atoms with Gasteiger partial charge in [-0.25, -0.2) is 9.99 Å². The molecule has 0 radical (unpaired) electrons. The second-order valence-corrected chi connectivity index (χ2v) is 4.05. The molecule has 0 saturated heterocycles. The van der Waals surface area contributed by atoms with Gasteiger partial charge in [0.1, 0.15) is 18.4 Å². The number of hydrazone groups is 1. The molecule has 0 aliphatic rings. The van der Waals surface area contributed by atoms with Gasteiger partial charge in [-0.2, -0.15) is 5.10 Å². The monoisotopic (exact) mass is 383 g/mol. The third kappa shape index (κ3) is 4.61. The Labute approximate surface area is 134 Å². The summed E-state index contributed by atoms with van der Waals surface area (Å²) in [6.45, 7) is 0. The number of benzene rings is 1. The molecule has 5 nitrogen and oxygen atoms in total. The highest BCUT2D eigenvalue weighted by Gasteiger charge is 2.07. The SMILES string of the molecule is C[n+]1cccc(C(=O)N/N=C/c2ccc(O)cc2)c1.[I-]. The number of phenolic OH excluding ortho intramolecular Hbond substituents is 1. The van der Waals surface area contributed by atoms with E-state index in [1.807, 2.05) is 13.2 Å². The number of halogens is 1. The van der Waals surface area contributed by atoms with E-state index in [2.05, 4.69) is 10.5 Å².